The van der Waals surface area contributed by atoms with Gasteiger partial charge in [-0.15, -0.1) is 11.3 Å². The third-order valence-electron chi connectivity index (χ3n) is 3.20. The van der Waals surface area contributed by atoms with Gasteiger partial charge in [-0.1, -0.05) is 20.8 Å². The first-order valence-corrected chi connectivity index (χ1v) is 7.14. The Morgan fingerprint density at radius 2 is 2.33 bits per heavy atom. The van der Waals surface area contributed by atoms with Gasteiger partial charge in [0.1, 0.15) is 0 Å². The topological polar surface area (TPSA) is 53.4 Å². The Kier molecular flexibility index (Phi) is 3.73. The number of rotatable bonds is 3. The zero-order valence-electron chi connectivity index (χ0n) is 11.1. The maximum absolute atomic E-state index is 10.9. The Labute approximate surface area is 112 Å². The molecule has 1 N–H and O–H groups in total. The average molecular weight is 268 g/mol. The van der Waals surface area contributed by atoms with Crippen molar-refractivity contribution < 1.29 is 9.90 Å². The van der Waals surface area contributed by atoms with E-state index in [4.69, 9.17) is 5.11 Å². The van der Waals surface area contributed by atoms with E-state index in [1.54, 1.807) is 11.3 Å². The SMILES string of the molecule is CC(C)(C)c1nc(CN2CC[C@H](C(=O)O)C2)cs1. The van der Waals surface area contributed by atoms with Crippen LogP contribution < -0.4 is 0 Å². The van der Waals surface area contributed by atoms with Crippen molar-refractivity contribution in [2.45, 2.75) is 39.2 Å². The number of carboxylic acids is 1. The van der Waals surface area contributed by atoms with Gasteiger partial charge in [-0.25, -0.2) is 4.98 Å². The number of carbonyl (C=O) groups is 1. The number of aromatic nitrogens is 1. The van der Waals surface area contributed by atoms with Crippen LogP contribution in [0, 0.1) is 5.92 Å². The standard InChI is InChI=1S/C13H20N2O2S/c1-13(2,3)12-14-10(8-18-12)7-15-5-4-9(6-15)11(16)17/h8-9H,4-7H2,1-3H3,(H,16,17)/t9-/m0/s1. The summed E-state index contributed by atoms with van der Waals surface area (Å²) < 4.78 is 0. The average Bonchev–Trinajstić information content (AvgIpc) is 2.85. The molecule has 2 rings (SSSR count). The zero-order valence-corrected chi connectivity index (χ0v) is 12.0. The fourth-order valence-corrected chi connectivity index (χ4v) is 3.03. The predicted molar refractivity (Wildman–Crippen MR) is 71.8 cm³/mol. The Hall–Kier alpha value is -0.940. The monoisotopic (exact) mass is 268 g/mol. The molecule has 0 aliphatic carbocycles. The molecule has 1 aliphatic heterocycles. The molecule has 0 bridgehead atoms. The summed E-state index contributed by atoms with van der Waals surface area (Å²) in [7, 11) is 0. The lowest BCUT2D eigenvalue weighted by Crippen LogP contribution is -2.23. The van der Waals surface area contributed by atoms with E-state index in [0.717, 1.165) is 30.2 Å². The summed E-state index contributed by atoms with van der Waals surface area (Å²) in [6, 6.07) is 0. The van der Waals surface area contributed by atoms with E-state index in [-0.39, 0.29) is 11.3 Å². The summed E-state index contributed by atoms with van der Waals surface area (Å²) in [5.74, 6) is -0.878. The van der Waals surface area contributed by atoms with E-state index in [1.807, 2.05) is 0 Å². The first-order valence-electron chi connectivity index (χ1n) is 6.26. The number of hydrogen-bond acceptors (Lipinski definition) is 4. The van der Waals surface area contributed by atoms with Gasteiger partial charge >= 0.3 is 5.97 Å². The van der Waals surface area contributed by atoms with Crippen LogP contribution in [-0.2, 0) is 16.8 Å². The minimum atomic E-state index is -0.675. The van der Waals surface area contributed by atoms with Gasteiger partial charge in [0, 0.05) is 23.9 Å². The Balaban J connectivity index is 1.95. The second-order valence-corrected chi connectivity index (χ2v) is 6.81. The number of hydrogen-bond donors (Lipinski definition) is 1. The first-order chi connectivity index (χ1) is 8.36. The summed E-state index contributed by atoms with van der Waals surface area (Å²) in [6.07, 6.45) is 0.756. The molecule has 0 saturated carbocycles. The molecule has 0 amide bonds. The van der Waals surface area contributed by atoms with Crippen LogP contribution in [0.2, 0.25) is 0 Å². The maximum atomic E-state index is 10.9. The van der Waals surface area contributed by atoms with E-state index in [0.29, 0.717) is 6.54 Å². The molecule has 0 aromatic carbocycles. The van der Waals surface area contributed by atoms with Crippen LogP contribution in [0.25, 0.3) is 0 Å². The van der Waals surface area contributed by atoms with Crippen LogP contribution in [0.5, 0.6) is 0 Å². The lowest BCUT2D eigenvalue weighted by Gasteiger charge is -2.15. The van der Waals surface area contributed by atoms with E-state index in [2.05, 4.69) is 36.0 Å². The van der Waals surface area contributed by atoms with Crippen molar-refractivity contribution in [2.24, 2.45) is 5.92 Å². The van der Waals surface area contributed by atoms with Crippen LogP contribution >= 0.6 is 11.3 Å². The normalized spacial score (nSPS) is 21.4. The maximum Gasteiger partial charge on any atom is 0.307 e. The van der Waals surface area contributed by atoms with Gasteiger partial charge < -0.3 is 5.11 Å². The van der Waals surface area contributed by atoms with E-state index >= 15 is 0 Å². The summed E-state index contributed by atoms with van der Waals surface area (Å²) in [6.45, 7) is 8.76. The Morgan fingerprint density at radius 3 is 2.83 bits per heavy atom. The van der Waals surface area contributed by atoms with Gasteiger partial charge in [-0.05, 0) is 13.0 Å². The van der Waals surface area contributed by atoms with E-state index in [1.165, 1.54) is 0 Å². The zero-order chi connectivity index (χ0) is 13.3. The molecular formula is C13H20N2O2S. The molecule has 100 valence electrons. The minimum absolute atomic E-state index is 0.0948. The third-order valence-corrected chi connectivity index (χ3v) is 4.52. The summed E-state index contributed by atoms with van der Waals surface area (Å²) >= 11 is 1.69. The van der Waals surface area contributed by atoms with Crippen LogP contribution in [0.1, 0.15) is 37.9 Å². The molecule has 0 spiro atoms. The molecule has 1 aliphatic rings. The van der Waals surface area contributed by atoms with Crippen molar-refractivity contribution in [1.82, 2.24) is 9.88 Å². The first kappa shape index (κ1) is 13.5. The van der Waals surface area contributed by atoms with Crippen molar-refractivity contribution in [2.75, 3.05) is 13.1 Å². The van der Waals surface area contributed by atoms with Crippen molar-refractivity contribution in [3.05, 3.63) is 16.1 Å². The quantitative estimate of drug-likeness (QED) is 0.914. The lowest BCUT2D eigenvalue weighted by molar-refractivity contribution is -0.141. The van der Waals surface area contributed by atoms with Gasteiger partial charge in [0.15, 0.2) is 0 Å². The minimum Gasteiger partial charge on any atom is -0.481 e. The molecule has 1 aromatic rings. The molecule has 18 heavy (non-hydrogen) atoms. The van der Waals surface area contributed by atoms with Gasteiger partial charge in [0.2, 0.25) is 0 Å². The highest BCUT2D eigenvalue weighted by Crippen LogP contribution is 2.27. The number of nitrogens with zero attached hydrogens (tertiary/aromatic N) is 2. The fourth-order valence-electron chi connectivity index (χ4n) is 2.13. The predicted octanol–water partition coefficient (Wildman–Crippen LogP) is 2.35. The fraction of sp³-hybridized carbons (Fsp3) is 0.692. The van der Waals surface area contributed by atoms with E-state index in [9.17, 15) is 4.79 Å². The highest BCUT2D eigenvalue weighted by molar-refractivity contribution is 7.09. The van der Waals surface area contributed by atoms with Crippen molar-refractivity contribution in [3.8, 4) is 0 Å². The van der Waals surface area contributed by atoms with Gasteiger partial charge in [0.25, 0.3) is 0 Å². The van der Waals surface area contributed by atoms with Crippen molar-refractivity contribution >= 4 is 17.3 Å². The van der Waals surface area contributed by atoms with Crippen molar-refractivity contribution in [1.29, 1.82) is 0 Å². The molecule has 5 heteroatoms. The second-order valence-electron chi connectivity index (χ2n) is 5.95. The van der Waals surface area contributed by atoms with Crippen LogP contribution in [0.15, 0.2) is 5.38 Å². The number of thiazole rings is 1. The summed E-state index contributed by atoms with van der Waals surface area (Å²) in [4.78, 5) is 17.7. The van der Waals surface area contributed by atoms with Gasteiger partial charge in [0.05, 0.1) is 16.6 Å². The molecular weight excluding hydrogens is 248 g/mol. The smallest absolute Gasteiger partial charge is 0.307 e. The van der Waals surface area contributed by atoms with Crippen LogP contribution in [0.4, 0.5) is 0 Å². The highest BCUT2D eigenvalue weighted by atomic mass is 32.1. The molecule has 2 heterocycles. The van der Waals surface area contributed by atoms with E-state index < -0.39 is 5.97 Å². The van der Waals surface area contributed by atoms with Crippen LogP contribution in [0.3, 0.4) is 0 Å². The van der Waals surface area contributed by atoms with Gasteiger partial charge in [-0.3, -0.25) is 9.69 Å². The Bertz CT molecular complexity index is 436. The molecule has 1 fully saturated rings. The Morgan fingerprint density at radius 1 is 1.61 bits per heavy atom. The molecule has 0 unspecified atom stereocenters. The number of carboxylic acid groups (broad SMARTS) is 1. The highest BCUT2D eigenvalue weighted by Gasteiger charge is 2.28. The summed E-state index contributed by atoms with van der Waals surface area (Å²) in [5.41, 5.74) is 1.16. The van der Waals surface area contributed by atoms with Gasteiger partial charge in [-0.2, -0.15) is 0 Å². The molecule has 1 atom stereocenters. The molecule has 1 saturated heterocycles. The summed E-state index contributed by atoms with van der Waals surface area (Å²) in [5, 5.41) is 12.2. The molecule has 1 aromatic heterocycles. The molecule has 0 radical (unpaired) electrons. The lowest BCUT2D eigenvalue weighted by atomic mass is 9.98. The third kappa shape index (κ3) is 3.09. The second kappa shape index (κ2) is 4.97. The number of likely N-dealkylation sites (tertiary alicyclic amines) is 1. The number of aliphatic carboxylic acids is 1. The largest absolute Gasteiger partial charge is 0.481 e. The molecule has 4 nitrogen and oxygen atoms in total. The van der Waals surface area contributed by atoms with Crippen LogP contribution in [-0.4, -0.2) is 34.0 Å². The van der Waals surface area contributed by atoms with Crippen molar-refractivity contribution in [3.63, 3.8) is 0 Å².